The second-order valence-corrected chi connectivity index (χ2v) is 8.01. The van der Waals surface area contributed by atoms with Gasteiger partial charge >= 0.3 is 0 Å². The Morgan fingerprint density at radius 1 is 1.19 bits per heavy atom. The summed E-state index contributed by atoms with van der Waals surface area (Å²) in [5.41, 5.74) is 4.59. The van der Waals surface area contributed by atoms with Crippen molar-refractivity contribution in [1.29, 1.82) is 0 Å². The summed E-state index contributed by atoms with van der Waals surface area (Å²) in [4.78, 5) is 27.9. The number of nitrogens with one attached hydrogen (secondary N) is 2. The minimum Gasteiger partial charge on any atom is -0.356 e. The van der Waals surface area contributed by atoms with Crippen molar-refractivity contribution in [3.05, 3.63) is 35.9 Å². The first-order chi connectivity index (χ1) is 13.2. The normalized spacial score (nSPS) is 30.7. The molecule has 4 rings (SSSR count). The quantitative estimate of drug-likeness (QED) is 0.828. The lowest BCUT2D eigenvalue weighted by Gasteiger charge is -2.51. The van der Waals surface area contributed by atoms with Crippen LogP contribution < -0.4 is 10.7 Å². The van der Waals surface area contributed by atoms with Crippen molar-refractivity contribution >= 4 is 11.8 Å². The average Bonchev–Trinajstić information content (AvgIpc) is 3.20. The Labute approximate surface area is 161 Å². The third-order valence-corrected chi connectivity index (χ3v) is 6.27. The van der Waals surface area contributed by atoms with E-state index in [1.807, 2.05) is 18.2 Å². The molecule has 1 saturated carbocycles. The lowest BCUT2D eigenvalue weighted by Crippen LogP contribution is -2.68. The fourth-order valence-electron chi connectivity index (χ4n) is 4.92. The molecule has 1 aliphatic carbocycles. The molecule has 4 unspecified atom stereocenters. The van der Waals surface area contributed by atoms with Gasteiger partial charge in [-0.3, -0.25) is 15.0 Å². The second kappa shape index (κ2) is 7.98. The van der Waals surface area contributed by atoms with E-state index in [1.54, 1.807) is 0 Å². The molecular formula is C21H30N4O2. The monoisotopic (exact) mass is 370 g/mol. The van der Waals surface area contributed by atoms with E-state index >= 15 is 0 Å². The largest absolute Gasteiger partial charge is 0.356 e. The molecule has 2 saturated heterocycles. The number of hydrazine groups is 1. The average molecular weight is 370 g/mol. The Bertz CT molecular complexity index is 680. The van der Waals surface area contributed by atoms with Gasteiger partial charge in [-0.1, -0.05) is 37.3 Å². The van der Waals surface area contributed by atoms with Gasteiger partial charge in [0.25, 0.3) is 0 Å². The van der Waals surface area contributed by atoms with Crippen molar-refractivity contribution < 1.29 is 9.59 Å². The molecule has 1 aromatic carbocycles. The lowest BCUT2D eigenvalue weighted by molar-refractivity contribution is -0.157. The minimum atomic E-state index is -0.0552. The Morgan fingerprint density at radius 3 is 2.78 bits per heavy atom. The van der Waals surface area contributed by atoms with E-state index in [0.29, 0.717) is 12.6 Å². The van der Waals surface area contributed by atoms with Crippen LogP contribution in [0.5, 0.6) is 0 Å². The number of fused-ring (bicyclic) bond motifs is 3. The molecule has 4 atom stereocenters. The predicted octanol–water partition coefficient (Wildman–Crippen LogP) is 1.67. The fourth-order valence-corrected chi connectivity index (χ4v) is 4.92. The number of carbonyl (C=O) groups excluding carboxylic acids is 2. The van der Waals surface area contributed by atoms with Crippen LogP contribution >= 0.6 is 0 Å². The predicted molar refractivity (Wildman–Crippen MR) is 103 cm³/mol. The van der Waals surface area contributed by atoms with Crippen LogP contribution in [0, 0.1) is 5.92 Å². The highest BCUT2D eigenvalue weighted by atomic mass is 16.2. The van der Waals surface area contributed by atoms with Gasteiger partial charge in [0.1, 0.15) is 6.04 Å². The van der Waals surface area contributed by atoms with Crippen molar-refractivity contribution in [3.8, 4) is 0 Å². The molecule has 27 heavy (non-hydrogen) atoms. The summed E-state index contributed by atoms with van der Waals surface area (Å²) >= 11 is 0. The summed E-state index contributed by atoms with van der Waals surface area (Å²) in [7, 11) is 0. The van der Waals surface area contributed by atoms with Gasteiger partial charge in [0.05, 0.1) is 0 Å². The zero-order valence-electron chi connectivity index (χ0n) is 16.1. The van der Waals surface area contributed by atoms with Crippen LogP contribution in [0.3, 0.4) is 0 Å². The Morgan fingerprint density at radius 2 is 2.00 bits per heavy atom. The maximum Gasteiger partial charge on any atom is 0.242 e. The van der Waals surface area contributed by atoms with Gasteiger partial charge in [-0.05, 0) is 37.7 Å². The highest BCUT2D eigenvalue weighted by molar-refractivity contribution is 5.84. The van der Waals surface area contributed by atoms with Gasteiger partial charge in [0.15, 0.2) is 0 Å². The van der Waals surface area contributed by atoms with E-state index in [2.05, 4.69) is 39.7 Å². The molecule has 2 heterocycles. The van der Waals surface area contributed by atoms with Crippen LogP contribution in [0.15, 0.2) is 30.3 Å². The highest BCUT2D eigenvalue weighted by Crippen LogP contribution is 2.38. The molecule has 6 heteroatoms. The minimum absolute atomic E-state index is 0.00280. The number of piperazine rings is 1. The maximum absolute atomic E-state index is 13.3. The molecule has 0 aromatic heterocycles. The van der Waals surface area contributed by atoms with Crippen LogP contribution in [-0.2, 0) is 16.1 Å². The summed E-state index contributed by atoms with van der Waals surface area (Å²) in [6.07, 6.45) is 4.42. The summed E-state index contributed by atoms with van der Waals surface area (Å²) in [5.74, 6) is 0.363. The SMILES string of the molecule is CCCNC(=O)C1CCC2C(C1)N(Cc1ccccc1)C(=O)C1CCNN12. The van der Waals surface area contributed by atoms with Gasteiger partial charge in [0.2, 0.25) is 11.8 Å². The molecule has 2 aliphatic heterocycles. The number of benzene rings is 1. The fraction of sp³-hybridized carbons (Fsp3) is 0.619. The Hall–Kier alpha value is -1.92. The summed E-state index contributed by atoms with van der Waals surface area (Å²) in [6.45, 7) is 4.29. The first kappa shape index (κ1) is 18.4. The Kier molecular flexibility index (Phi) is 5.45. The van der Waals surface area contributed by atoms with Crippen LogP contribution in [0.1, 0.15) is 44.6 Å². The summed E-state index contributed by atoms with van der Waals surface area (Å²) in [5, 5.41) is 5.25. The molecule has 146 valence electrons. The third-order valence-electron chi connectivity index (χ3n) is 6.27. The first-order valence-corrected chi connectivity index (χ1v) is 10.3. The molecule has 2 amide bonds. The van der Waals surface area contributed by atoms with Gasteiger partial charge in [0, 0.05) is 37.6 Å². The van der Waals surface area contributed by atoms with Crippen LogP contribution in [0.2, 0.25) is 0 Å². The second-order valence-electron chi connectivity index (χ2n) is 8.01. The third kappa shape index (κ3) is 3.60. The van der Waals surface area contributed by atoms with Crippen molar-refractivity contribution in [3.63, 3.8) is 0 Å². The maximum atomic E-state index is 13.3. The van der Waals surface area contributed by atoms with Crippen molar-refractivity contribution in [2.24, 2.45) is 5.92 Å². The van der Waals surface area contributed by atoms with E-state index in [-0.39, 0.29) is 29.8 Å². The van der Waals surface area contributed by atoms with Gasteiger partial charge in [-0.2, -0.15) is 0 Å². The highest BCUT2D eigenvalue weighted by Gasteiger charge is 2.51. The number of hydrogen-bond acceptors (Lipinski definition) is 4. The standard InChI is InChI=1S/C21H30N4O2/c1-2-11-22-20(26)16-8-9-17-19(13-16)24(14-15-6-4-3-5-7-15)21(27)18-10-12-23-25(17)18/h3-7,16-19,23H,2,8-14H2,1H3,(H,22,26). The van der Waals surface area contributed by atoms with E-state index in [9.17, 15) is 9.59 Å². The van der Waals surface area contributed by atoms with Crippen molar-refractivity contribution in [2.75, 3.05) is 13.1 Å². The zero-order chi connectivity index (χ0) is 18.8. The number of amides is 2. The molecular weight excluding hydrogens is 340 g/mol. The molecule has 2 N–H and O–H groups in total. The van der Waals surface area contributed by atoms with E-state index in [1.165, 1.54) is 0 Å². The van der Waals surface area contributed by atoms with Crippen molar-refractivity contribution in [2.45, 2.75) is 63.7 Å². The summed E-state index contributed by atoms with van der Waals surface area (Å²) in [6, 6.07) is 10.5. The zero-order valence-corrected chi connectivity index (χ0v) is 16.1. The van der Waals surface area contributed by atoms with Crippen LogP contribution in [0.25, 0.3) is 0 Å². The molecule has 0 radical (unpaired) electrons. The number of carbonyl (C=O) groups is 2. The first-order valence-electron chi connectivity index (χ1n) is 10.3. The van der Waals surface area contributed by atoms with Gasteiger partial charge < -0.3 is 10.2 Å². The van der Waals surface area contributed by atoms with Crippen molar-refractivity contribution in [1.82, 2.24) is 20.7 Å². The number of hydrogen-bond donors (Lipinski definition) is 2. The number of nitrogens with zero attached hydrogens (tertiary/aromatic N) is 2. The molecule has 3 aliphatic rings. The van der Waals surface area contributed by atoms with E-state index in [4.69, 9.17) is 0 Å². The number of rotatable bonds is 5. The summed E-state index contributed by atoms with van der Waals surface area (Å²) < 4.78 is 0. The van der Waals surface area contributed by atoms with Crippen LogP contribution in [0.4, 0.5) is 0 Å². The molecule has 6 nitrogen and oxygen atoms in total. The van der Waals surface area contributed by atoms with E-state index < -0.39 is 0 Å². The molecule has 3 fully saturated rings. The smallest absolute Gasteiger partial charge is 0.242 e. The van der Waals surface area contributed by atoms with Gasteiger partial charge in [-0.15, -0.1) is 0 Å². The molecule has 0 bridgehead atoms. The van der Waals surface area contributed by atoms with E-state index in [0.717, 1.165) is 50.8 Å². The molecule has 0 spiro atoms. The lowest BCUT2D eigenvalue weighted by atomic mass is 9.78. The Balaban J connectivity index is 1.56. The van der Waals surface area contributed by atoms with Gasteiger partial charge in [-0.25, -0.2) is 5.01 Å². The topological polar surface area (TPSA) is 64.7 Å². The molecule has 1 aromatic rings. The van der Waals surface area contributed by atoms with Crippen LogP contribution in [-0.4, -0.2) is 52.9 Å².